The third-order valence-corrected chi connectivity index (χ3v) is 6.70. The average molecular weight is 528 g/mol. The Balaban J connectivity index is 1.86. The third-order valence-electron chi connectivity index (χ3n) is 5.19. The molecular formula is C24H22BrN3O4S. The van der Waals surface area contributed by atoms with Gasteiger partial charge in [-0.05, 0) is 41.8 Å². The van der Waals surface area contributed by atoms with E-state index in [9.17, 15) is 19.6 Å². The molecule has 1 heterocycles. The summed E-state index contributed by atoms with van der Waals surface area (Å²) < 4.78 is 5.58. The Hall–Kier alpha value is -3.09. The molecule has 2 atom stereocenters. The highest BCUT2D eigenvalue weighted by Gasteiger charge is 2.44. The number of carbonyl (C=O) groups is 3. The van der Waals surface area contributed by atoms with Gasteiger partial charge in [0.1, 0.15) is 5.92 Å². The first-order valence-corrected chi connectivity index (χ1v) is 12.0. The number of nitriles is 1. The molecule has 2 aromatic rings. The fraction of sp³-hybridized carbons (Fsp3) is 0.250. The third kappa shape index (κ3) is 5.83. The number of hydrogen-bond acceptors (Lipinski definition) is 6. The van der Waals surface area contributed by atoms with Crippen LogP contribution in [-0.4, -0.2) is 30.6 Å². The van der Waals surface area contributed by atoms with Gasteiger partial charge in [-0.15, -0.1) is 0 Å². The molecule has 2 amide bonds. The summed E-state index contributed by atoms with van der Waals surface area (Å²) in [5.74, 6) is -3.66. The monoisotopic (exact) mass is 527 g/mol. The number of nitrogens with one attached hydrogen (secondary N) is 2. The molecule has 0 fully saturated rings. The molecule has 0 saturated carbocycles. The van der Waals surface area contributed by atoms with Crippen LogP contribution in [0.2, 0.25) is 0 Å². The molecule has 0 unspecified atom stereocenters. The first-order valence-electron chi connectivity index (χ1n) is 10.2. The van der Waals surface area contributed by atoms with Crippen molar-refractivity contribution in [2.45, 2.75) is 19.3 Å². The smallest absolute Gasteiger partial charge is 0.319 e. The van der Waals surface area contributed by atoms with Crippen LogP contribution < -0.4 is 10.6 Å². The molecule has 3 rings (SSSR count). The molecule has 2 N–H and O–H groups in total. The molecule has 0 spiro atoms. The average Bonchev–Trinajstić information content (AvgIpc) is 2.82. The van der Waals surface area contributed by atoms with Gasteiger partial charge < -0.3 is 15.4 Å². The summed E-state index contributed by atoms with van der Waals surface area (Å²) in [7, 11) is 1.20. The number of hydrogen-bond donors (Lipinski definition) is 2. The maximum absolute atomic E-state index is 12.9. The molecule has 170 valence electrons. The lowest BCUT2D eigenvalue weighted by Crippen LogP contribution is -2.44. The van der Waals surface area contributed by atoms with Crippen LogP contribution in [0.25, 0.3) is 0 Å². The Morgan fingerprint density at radius 1 is 1.24 bits per heavy atom. The molecule has 0 saturated heterocycles. The predicted octanol–water partition coefficient (Wildman–Crippen LogP) is 4.12. The highest BCUT2D eigenvalue weighted by atomic mass is 79.9. The second-order valence-electron chi connectivity index (χ2n) is 7.26. The van der Waals surface area contributed by atoms with Crippen LogP contribution in [0.1, 0.15) is 24.0 Å². The number of esters is 1. The molecular weight excluding hydrogens is 506 g/mol. The van der Waals surface area contributed by atoms with E-state index in [0.717, 1.165) is 28.2 Å². The van der Waals surface area contributed by atoms with Gasteiger partial charge >= 0.3 is 5.97 Å². The van der Waals surface area contributed by atoms with Crippen LogP contribution in [0.5, 0.6) is 0 Å². The molecule has 0 aromatic heterocycles. The highest BCUT2D eigenvalue weighted by Crippen LogP contribution is 2.40. The van der Waals surface area contributed by atoms with Crippen LogP contribution >= 0.6 is 27.7 Å². The van der Waals surface area contributed by atoms with Gasteiger partial charge in [0.05, 0.1) is 29.5 Å². The van der Waals surface area contributed by atoms with Crippen molar-refractivity contribution in [3.8, 4) is 6.07 Å². The number of allylic oxidation sites excluding steroid dienone is 1. The Morgan fingerprint density at radius 3 is 2.58 bits per heavy atom. The van der Waals surface area contributed by atoms with Crippen molar-refractivity contribution in [3.63, 3.8) is 0 Å². The summed E-state index contributed by atoms with van der Waals surface area (Å²) in [4.78, 5) is 37.8. The number of aryl methyl sites for hydroxylation is 1. The van der Waals surface area contributed by atoms with Crippen molar-refractivity contribution >= 4 is 51.2 Å². The number of methoxy groups -OCH3 is 1. The Labute approximate surface area is 204 Å². The van der Waals surface area contributed by atoms with E-state index in [2.05, 4.69) is 39.6 Å². The van der Waals surface area contributed by atoms with Gasteiger partial charge in [-0.1, -0.05) is 58.9 Å². The van der Waals surface area contributed by atoms with Crippen LogP contribution in [0.4, 0.5) is 5.69 Å². The fourth-order valence-electron chi connectivity index (χ4n) is 3.54. The standard InChI is InChI=1S/C24H22BrN3O4S/c1-3-14-7-9-17(10-8-14)27-19(29)13-33-23-18(12-26)20(15-5-4-6-16(25)11-15)21(22(30)28-23)24(31)32-2/h4-11,20-21H,3,13H2,1-2H3,(H,27,29)(H,28,30)/t20-,21-/m0/s1. The normalized spacial score (nSPS) is 17.7. The zero-order chi connectivity index (χ0) is 24.0. The lowest BCUT2D eigenvalue weighted by atomic mass is 9.78. The minimum Gasteiger partial charge on any atom is -0.468 e. The number of amides is 2. The van der Waals surface area contributed by atoms with Gasteiger partial charge in [0.15, 0.2) is 0 Å². The second-order valence-corrected chi connectivity index (χ2v) is 9.17. The van der Waals surface area contributed by atoms with Crippen LogP contribution in [-0.2, 0) is 25.5 Å². The van der Waals surface area contributed by atoms with Crippen LogP contribution in [0.15, 0.2) is 63.6 Å². The van der Waals surface area contributed by atoms with Gasteiger partial charge in [-0.2, -0.15) is 5.26 Å². The highest BCUT2D eigenvalue weighted by molar-refractivity contribution is 9.10. The van der Waals surface area contributed by atoms with E-state index in [0.29, 0.717) is 11.3 Å². The number of rotatable bonds is 7. The Kier molecular flexibility index (Phi) is 8.31. The van der Waals surface area contributed by atoms with E-state index < -0.39 is 23.7 Å². The Morgan fingerprint density at radius 2 is 1.97 bits per heavy atom. The minimum atomic E-state index is -1.21. The number of thioether (sulfide) groups is 1. The lowest BCUT2D eigenvalue weighted by Gasteiger charge is -2.31. The molecule has 9 heteroatoms. The predicted molar refractivity (Wildman–Crippen MR) is 130 cm³/mol. The lowest BCUT2D eigenvalue weighted by molar-refractivity contribution is -0.150. The summed E-state index contributed by atoms with van der Waals surface area (Å²) in [6, 6.07) is 16.7. The molecule has 0 aliphatic carbocycles. The molecule has 7 nitrogen and oxygen atoms in total. The van der Waals surface area contributed by atoms with Crippen molar-refractivity contribution in [2.24, 2.45) is 5.92 Å². The number of ether oxygens (including phenoxy) is 1. The van der Waals surface area contributed by atoms with Crippen molar-refractivity contribution in [2.75, 3.05) is 18.2 Å². The maximum atomic E-state index is 12.9. The van der Waals surface area contributed by atoms with Crippen molar-refractivity contribution in [1.82, 2.24) is 5.32 Å². The number of halogens is 1. The maximum Gasteiger partial charge on any atom is 0.319 e. The minimum absolute atomic E-state index is 0.0234. The topological polar surface area (TPSA) is 108 Å². The van der Waals surface area contributed by atoms with Gasteiger partial charge in [0, 0.05) is 16.1 Å². The number of benzene rings is 2. The first kappa shape index (κ1) is 24.6. The second kappa shape index (κ2) is 11.2. The van der Waals surface area contributed by atoms with Gasteiger partial charge in [0.2, 0.25) is 11.8 Å². The van der Waals surface area contributed by atoms with E-state index in [-0.39, 0.29) is 22.3 Å². The summed E-state index contributed by atoms with van der Waals surface area (Å²) in [6.07, 6.45) is 0.903. The molecule has 1 aliphatic rings. The van der Waals surface area contributed by atoms with Gasteiger partial charge in [-0.3, -0.25) is 14.4 Å². The summed E-state index contributed by atoms with van der Waals surface area (Å²) in [6.45, 7) is 2.05. The van der Waals surface area contributed by atoms with Crippen LogP contribution in [0, 0.1) is 17.2 Å². The van der Waals surface area contributed by atoms with Crippen molar-refractivity contribution in [3.05, 3.63) is 74.7 Å². The largest absolute Gasteiger partial charge is 0.468 e. The van der Waals surface area contributed by atoms with E-state index in [1.807, 2.05) is 30.3 Å². The zero-order valence-corrected chi connectivity index (χ0v) is 20.5. The van der Waals surface area contributed by atoms with Gasteiger partial charge in [0.25, 0.3) is 0 Å². The van der Waals surface area contributed by atoms with Gasteiger partial charge in [-0.25, -0.2) is 0 Å². The number of nitrogens with zero attached hydrogens (tertiary/aromatic N) is 1. The van der Waals surface area contributed by atoms with E-state index in [1.54, 1.807) is 18.2 Å². The summed E-state index contributed by atoms with van der Waals surface area (Å²) in [5.41, 5.74) is 2.64. The Bertz CT molecular complexity index is 1140. The quantitative estimate of drug-likeness (QED) is 0.414. The van der Waals surface area contributed by atoms with E-state index >= 15 is 0 Å². The number of carbonyl (C=O) groups excluding carboxylic acids is 3. The number of anilines is 1. The van der Waals surface area contributed by atoms with Crippen molar-refractivity contribution in [1.29, 1.82) is 5.26 Å². The van der Waals surface area contributed by atoms with Crippen LogP contribution in [0.3, 0.4) is 0 Å². The molecule has 1 aliphatic heterocycles. The van der Waals surface area contributed by atoms with E-state index in [1.165, 1.54) is 7.11 Å². The SMILES string of the molecule is CCc1ccc(NC(=O)CSC2=C(C#N)[C@H](c3cccc(Br)c3)[C@H](C(=O)OC)C(=O)N2)cc1. The molecule has 0 radical (unpaired) electrons. The molecule has 0 bridgehead atoms. The summed E-state index contributed by atoms with van der Waals surface area (Å²) >= 11 is 4.43. The fourth-order valence-corrected chi connectivity index (χ4v) is 4.80. The first-order chi connectivity index (χ1) is 15.9. The van der Waals surface area contributed by atoms with E-state index in [4.69, 9.17) is 4.74 Å². The summed E-state index contributed by atoms with van der Waals surface area (Å²) in [5, 5.41) is 15.6. The molecule has 2 aromatic carbocycles. The van der Waals surface area contributed by atoms with Crippen molar-refractivity contribution < 1.29 is 19.1 Å². The molecule has 33 heavy (non-hydrogen) atoms. The zero-order valence-electron chi connectivity index (χ0n) is 18.1.